The Balaban J connectivity index is 1.83. The predicted octanol–water partition coefficient (Wildman–Crippen LogP) is 0.358. The number of amides is 1. The summed E-state index contributed by atoms with van der Waals surface area (Å²) in [7, 11) is 1.82. The van der Waals surface area contributed by atoms with Crippen molar-refractivity contribution in [2.24, 2.45) is 5.92 Å². The number of nitrogens with one attached hydrogen (secondary N) is 1. The molecule has 1 saturated carbocycles. The Hall–Kier alpha value is -0.610. The molecule has 0 aromatic rings. The lowest BCUT2D eigenvalue weighted by molar-refractivity contribution is -0.134. The lowest BCUT2D eigenvalue weighted by atomic mass is 10.0. The number of hydrogen-bond acceptors (Lipinski definition) is 3. The molecular weight excluding hydrogens is 204 g/mol. The van der Waals surface area contributed by atoms with E-state index in [0.717, 1.165) is 0 Å². The van der Waals surface area contributed by atoms with Gasteiger partial charge in [0.15, 0.2) is 0 Å². The van der Waals surface area contributed by atoms with Gasteiger partial charge in [-0.25, -0.2) is 0 Å². The summed E-state index contributed by atoms with van der Waals surface area (Å²) in [6.07, 6.45) is 5.21. The molecule has 1 heterocycles. The van der Waals surface area contributed by atoms with Crippen molar-refractivity contribution in [2.45, 2.75) is 44.2 Å². The Morgan fingerprint density at radius 2 is 2.06 bits per heavy atom. The predicted molar refractivity (Wildman–Crippen MR) is 62.0 cm³/mol. The number of hydrogen-bond donors (Lipinski definition) is 2. The average Bonchev–Trinajstić information content (AvgIpc) is 2.88. The zero-order valence-corrected chi connectivity index (χ0v) is 9.98. The van der Waals surface area contributed by atoms with Gasteiger partial charge in [0.1, 0.15) is 0 Å². The molecule has 1 amide bonds. The molecule has 1 saturated heterocycles. The highest BCUT2D eigenvalue weighted by atomic mass is 16.3. The summed E-state index contributed by atoms with van der Waals surface area (Å²) in [6.45, 7) is 1.32. The third kappa shape index (κ3) is 2.55. The zero-order valence-electron chi connectivity index (χ0n) is 9.98. The number of aliphatic hydroxyl groups excluding tert-OH is 1. The molecule has 92 valence electrons. The fraction of sp³-hybridized carbons (Fsp3) is 0.917. The summed E-state index contributed by atoms with van der Waals surface area (Å²) < 4.78 is 0. The number of carbonyl (C=O) groups is 1. The third-order valence-electron chi connectivity index (χ3n) is 3.98. The minimum atomic E-state index is -0.405. The van der Waals surface area contributed by atoms with E-state index in [4.69, 9.17) is 0 Å². The van der Waals surface area contributed by atoms with Crippen LogP contribution in [-0.2, 0) is 4.79 Å². The first-order valence-electron chi connectivity index (χ1n) is 6.33. The molecular formula is C12H22N2O2. The van der Waals surface area contributed by atoms with Gasteiger partial charge in [-0.05, 0) is 18.8 Å². The molecule has 2 aliphatic rings. The normalized spacial score (nSPS) is 30.9. The SMILES string of the molecule is CN(C(=O)CC1CCCC1)[C@H]1CNC[C@@H]1O. The van der Waals surface area contributed by atoms with E-state index in [9.17, 15) is 9.90 Å². The van der Waals surface area contributed by atoms with Gasteiger partial charge in [0, 0.05) is 26.6 Å². The van der Waals surface area contributed by atoms with Crippen molar-refractivity contribution in [1.82, 2.24) is 10.2 Å². The van der Waals surface area contributed by atoms with Crippen LogP contribution in [0.4, 0.5) is 0 Å². The van der Waals surface area contributed by atoms with Crippen molar-refractivity contribution in [3.63, 3.8) is 0 Å². The number of β-amino-alcohol motifs (C(OH)–C–C–N with tert-alkyl or cyclic N) is 1. The molecule has 4 heteroatoms. The molecule has 4 nitrogen and oxygen atoms in total. The second kappa shape index (κ2) is 5.15. The first-order valence-corrected chi connectivity index (χ1v) is 6.33. The summed E-state index contributed by atoms with van der Waals surface area (Å²) in [5.74, 6) is 0.779. The van der Waals surface area contributed by atoms with Gasteiger partial charge in [0.2, 0.25) is 5.91 Å². The minimum Gasteiger partial charge on any atom is -0.390 e. The monoisotopic (exact) mass is 226 g/mol. The van der Waals surface area contributed by atoms with Crippen LogP contribution in [-0.4, -0.2) is 48.2 Å². The molecule has 16 heavy (non-hydrogen) atoms. The van der Waals surface area contributed by atoms with Crippen LogP contribution in [0.15, 0.2) is 0 Å². The number of carbonyl (C=O) groups excluding carboxylic acids is 1. The number of rotatable bonds is 3. The Kier molecular flexibility index (Phi) is 3.82. The minimum absolute atomic E-state index is 0.0334. The van der Waals surface area contributed by atoms with Gasteiger partial charge >= 0.3 is 0 Å². The highest BCUT2D eigenvalue weighted by Gasteiger charge is 2.32. The molecule has 0 unspecified atom stereocenters. The smallest absolute Gasteiger partial charge is 0.222 e. The molecule has 1 aliphatic carbocycles. The number of nitrogens with zero attached hydrogens (tertiary/aromatic N) is 1. The van der Waals surface area contributed by atoms with E-state index in [2.05, 4.69) is 5.32 Å². The molecule has 0 radical (unpaired) electrons. The van der Waals surface area contributed by atoms with E-state index < -0.39 is 6.10 Å². The molecule has 1 aliphatic heterocycles. The topological polar surface area (TPSA) is 52.6 Å². The maximum Gasteiger partial charge on any atom is 0.222 e. The van der Waals surface area contributed by atoms with Crippen molar-refractivity contribution in [2.75, 3.05) is 20.1 Å². The van der Waals surface area contributed by atoms with Crippen LogP contribution in [0.5, 0.6) is 0 Å². The molecule has 0 spiro atoms. The maximum absolute atomic E-state index is 12.0. The number of likely N-dealkylation sites (N-methyl/N-ethyl adjacent to an activating group) is 1. The third-order valence-corrected chi connectivity index (χ3v) is 3.98. The van der Waals surface area contributed by atoms with Crippen molar-refractivity contribution in [3.05, 3.63) is 0 Å². The lowest BCUT2D eigenvalue weighted by Crippen LogP contribution is -2.44. The van der Waals surface area contributed by atoms with Gasteiger partial charge in [-0.1, -0.05) is 12.8 Å². The van der Waals surface area contributed by atoms with Crippen molar-refractivity contribution < 1.29 is 9.90 Å². The first-order chi connectivity index (χ1) is 7.68. The molecule has 2 rings (SSSR count). The van der Waals surface area contributed by atoms with Gasteiger partial charge in [0.05, 0.1) is 12.1 Å². The molecule has 2 fully saturated rings. The largest absolute Gasteiger partial charge is 0.390 e. The molecule has 0 aromatic heterocycles. The highest BCUT2D eigenvalue weighted by Crippen LogP contribution is 2.28. The molecule has 2 atom stereocenters. The van der Waals surface area contributed by atoms with Crippen LogP contribution < -0.4 is 5.32 Å². The van der Waals surface area contributed by atoms with E-state index in [1.807, 2.05) is 7.05 Å². The summed E-state index contributed by atoms with van der Waals surface area (Å²) in [4.78, 5) is 13.8. The van der Waals surface area contributed by atoms with Gasteiger partial charge in [-0.3, -0.25) is 4.79 Å². The van der Waals surface area contributed by atoms with E-state index >= 15 is 0 Å². The fourth-order valence-corrected chi connectivity index (χ4v) is 2.84. The molecule has 0 bridgehead atoms. The van der Waals surface area contributed by atoms with Gasteiger partial charge in [0.25, 0.3) is 0 Å². The second-order valence-corrected chi connectivity index (χ2v) is 5.15. The lowest BCUT2D eigenvalue weighted by Gasteiger charge is -2.27. The average molecular weight is 226 g/mol. The van der Waals surface area contributed by atoms with Crippen LogP contribution in [0.25, 0.3) is 0 Å². The van der Waals surface area contributed by atoms with Crippen LogP contribution in [0.1, 0.15) is 32.1 Å². The van der Waals surface area contributed by atoms with Gasteiger partial charge in [-0.15, -0.1) is 0 Å². The van der Waals surface area contributed by atoms with Crippen molar-refractivity contribution in [1.29, 1.82) is 0 Å². The van der Waals surface area contributed by atoms with Crippen molar-refractivity contribution >= 4 is 5.91 Å². The van der Waals surface area contributed by atoms with Gasteiger partial charge < -0.3 is 15.3 Å². The van der Waals surface area contributed by atoms with E-state index in [1.165, 1.54) is 25.7 Å². The van der Waals surface area contributed by atoms with E-state index in [0.29, 0.717) is 25.4 Å². The van der Waals surface area contributed by atoms with E-state index in [-0.39, 0.29) is 11.9 Å². The molecule has 2 N–H and O–H groups in total. The summed E-state index contributed by atoms with van der Waals surface area (Å²) in [5, 5.41) is 12.8. The van der Waals surface area contributed by atoms with Crippen LogP contribution in [0.3, 0.4) is 0 Å². The van der Waals surface area contributed by atoms with Crippen LogP contribution in [0, 0.1) is 5.92 Å². The summed E-state index contributed by atoms with van der Waals surface area (Å²) in [6, 6.07) is -0.0334. The van der Waals surface area contributed by atoms with Crippen LogP contribution in [0.2, 0.25) is 0 Å². The van der Waals surface area contributed by atoms with Crippen LogP contribution >= 0.6 is 0 Å². The maximum atomic E-state index is 12.0. The second-order valence-electron chi connectivity index (χ2n) is 5.15. The summed E-state index contributed by atoms with van der Waals surface area (Å²) in [5.41, 5.74) is 0. The highest BCUT2D eigenvalue weighted by molar-refractivity contribution is 5.76. The fourth-order valence-electron chi connectivity index (χ4n) is 2.84. The standard InChI is InChI=1S/C12H22N2O2/c1-14(10-7-13-8-11(10)15)12(16)6-9-4-2-3-5-9/h9-11,13,15H,2-8H2,1H3/t10-,11-/m0/s1. The Morgan fingerprint density at radius 1 is 1.38 bits per heavy atom. The van der Waals surface area contributed by atoms with Gasteiger partial charge in [-0.2, -0.15) is 0 Å². The summed E-state index contributed by atoms with van der Waals surface area (Å²) >= 11 is 0. The first kappa shape index (κ1) is 11.9. The van der Waals surface area contributed by atoms with E-state index in [1.54, 1.807) is 4.90 Å². The Labute approximate surface area is 97.0 Å². The Morgan fingerprint density at radius 3 is 2.62 bits per heavy atom. The Bertz CT molecular complexity index is 251. The zero-order chi connectivity index (χ0) is 11.5. The molecule has 0 aromatic carbocycles. The quantitative estimate of drug-likeness (QED) is 0.730. The van der Waals surface area contributed by atoms with Crippen molar-refractivity contribution in [3.8, 4) is 0 Å². The number of aliphatic hydroxyl groups is 1.